The lowest BCUT2D eigenvalue weighted by atomic mass is 10.1. The first-order valence-corrected chi connectivity index (χ1v) is 14.0. The largest absolute Gasteiger partial charge is 0.461 e. The molecule has 2 fully saturated rings. The molecule has 0 bridgehead atoms. The molecule has 1 aromatic carbocycles. The summed E-state index contributed by atoms with van der Waals surface area (Å²) in [6.45, 7) is 0. The summed E-state index contributed by atoms with van der Waals surface area (Å²) in [5.74, 6) is 1.54. The van der Waals surface area contributed by atoms with Gasteiger partial charge < -0.3 is 9.32 Å². The van der Waals surface area contributed by atoms with Gasteiger partial charge in [0.05, 0.1) is 23.5 Å². The highest BCUT2D eigenvalue weighted by molar-refractivity contribution is 7.99. The Hall–Kier alpha value is -2.59. The predicted molar refractivity (Wildman–Crippen MR) is 126 cm³/mol. The van der Waals surface area contributed by atoms with E-state index >= 15 is 0 Å². The lowest BCUT2D eigenvalue weighted by molar-refractivity contribution is -0.132. The van der Waals surface area contributed by atoms with Crippen LogP contribution in [0, 0.1) is 0 Å². The van der Waals surface area contributed by atoms with Gasteiger partial charge in [-0.05, 0) is 43.5 Å². The Morgan fingerprint density at radius 1 is 1.06 bits per heavy atom. The van der Waals surface area contributed by atoms with Crippen LogP contribution in [0.2, 0.25) is 0 Å². The fourth-order valence-electron chi connectivity index (χ4n) is 4.82. The van der Waals surface area contributed by atoms with E-state index in [-0.39, 0.29) is 35.2 Å². The molecule has 10 heteroatoms. The summed E-state index contributed by atoms with van der Waals surface area (Å²) in [5.41, 5.74) is 0.874. The maximum Gasteiger partial charge on any atom is 0.233 e. The number of thioether (sulfide) groups is 1. The average molecular weight is 487 g/mol. The highest BCUT2D eigenvalue weighted by atomic mass is 32.2. The number of rotatable bonds is 7. The van der Waals surface area contributed by atoms with Crippen LogP contribution >= 0.6 is 11.8 Å². The van der Waals surface area contributed by atoms with Gasteiger partial charge in [0.15, 0.2) is 20.8 Å². The van der Waals surface area contributed by atoms with Crippen molar-refractivity contribution >= 4 is 27.5 Å². The van der Waals surface area contributed by atoms with Crippen LogP contribution in [-0.4, -0.2) is 63.3 Å². The van der Waals surface area contributed by atoms with E-state index in [1.807, 2.05) is 45.9 Å². The molecule has 1 atom stereocenters. The van der Waals surface area contributed by atoms with Gasteiger partial charge in [0.2, 0.25) is 11.7 Å². The summed E-state index contributed by atoms with van der Waals surface area (Å²) in [7, 11) is -3.07. The molecule has 8 nitrogen and oxygen atoms in total. The molecule has 1 saturated heterocycles. The van der Waals surface area contributed by atoms with Crippen molar-refractivity contribution in [3.63, 3.8) is 0 Å². The molecular weight excluding hydrogens is 460 g/mol. The van der Waals surface area contributed by atoms with Gasteiger partial charge in [0, 0.05) is 17.8 Å². The van der Waals surface area contributed by atoms with E-state index in [1.54, 1.807) is 12.3 Å². The quantitative estimate of drug-likeness (QED) is 0.471. The number of nitrogens with zero attached hydrogens (tertiary/aromatic N) is 4. The molecule has 3 heterocycles. The standard InChI is InChI=1S/C23H26N4O4S2/c28-21(26(17-9-4-5-10-17)19-12-14-33(29,30)16-19)15-32-23-25-24-22(20-11-6-13-31-20)27(23)18-7-2-1-3-8-18/h1-3,6-8,11,13,17,19H,4-5,9-10,12,14-16H2/t19-/m1/s1. The minimum Gasteiger partial charge on any atom is -0.461 e. The third kappa shape index (κ3) is 4.72. The van der Waals surface area contributed by atoms with Gasteiger partial charge in [-0.3, -0.25) is 9.36 Å². The van der Waals surface area contributed by atoms with E-state index in [0.717, 1.165) is 31.4 Å². The zero-order valence-electron chi connectivity index (χ0n) is 18.2. The smallest absolute Gasteiger partial charge is 0.233 e. The fourth-order valence-corrected chi connectivity index (χ4v) is 7.35. The van der Waals surface area contributed by atoms with Crippen LogP contribution in [0.15, 0.2) is 58.3 Å². The normalized spacial score (nSPS) is 20.3. The van der Waals surface area contributed by atoms with Crippen molar-refractivity contribution in [1.29, 1.82) is 0 Å². The lowest BCUT2D eigenvalue weighted by Gasteiger charge is -2.34. The van der Waals surface area contributed by atoms with Crippen molar-refractivity contribution < 1.29 is 17.6 Å². The topological polar surface area (TPSA) is 98.3 Å². The van der Waals surface area contributed by atoms with Gasteiger partial charge in [-0.15, -0.1) is 10.2 Å². The van der Waals surface area contributed by atoms with Crippen molar-refractivity contribution in [2.75, 3.05) is 17.3 Å². The minimum absolute atomic E-state index is 0.0313. The second-order valence-corrected chi connectivity index (χ2v) is 11.7. The molecule has 0 spiro atoms. The molecule has 174 valence electrons. The third-order valence-corrected chi connectivity index (χ3v) is 8.99. The van der Waals surface area contributed by atoms with E-state index in [1.165, 1.54) is 11.8 Å². The Balaban J connectivity index is 1.39. The number of aromatic nitrogens is 3. The first-order chi connectivity index (χ1) is 16.0. The molecule has 2 aromatic heterocycles. The number of benzene rings is 1. The van der Waals surface area contributed by atoms with Crippen LogP contribution in [0.3, 0.4) is 0 Å². The molecule has 5 rings (SSSR count). The zero-order chi connectivity index (χ0) is 22.8. The Bertz CT molecular complexity index is 1200. The summed E-state index contributed by atoms with van der Waals surface area (Å²) in [4.78, 5) is 15.3. The predicted octanol–water partition coefficient (Wildman–Crippen LogP) is 3.58. The number of carbonyl (C=O) groups excluding carboxylic acids is 1. The monoisotopic (exact) mass is 486 g/mol. The summed E-state index contributed by atoms with van der Waals surface area (Å²) in [6, 6.07) is 13.2. The zero-order valence-corrected chi connectivity index (χ0v) is 19.8. The van der Waals surface area contributed by atoms with E-state index in [4.69, 9.17) is 4.42 Å². The first kappa shape index (κ1) is 22.2. The Labute approximate surface area is 197 Å². The number of hydrogen-bond donors (Lipinski definition) is 0. The number of sulfone groups is 1. The molecule has 1 aliphatic heterocycles. The van der Waals surface area contributed by atoms with Gasteiger partial charge >= 0.3 is 0 Å². The summed E-state index contributed by atoms with van der Waals surface area (Å²) in [5, 5.41) is 9.26. The first-order valence-electron chi connectivity index (χ1n) is 11.2. The molecule has 0 N–H and O–H groups in total. The number of para-hydroxylation sites is 1. The number of carbonyl (C=O) groups is 1. The van der Waals surface area contributed by atoms with Crippen LogP contribution in [0.1, 0.15) is 32.1 Å². The van der Waals surface area contributed by atoms with Crippen LogP contribution in [0.4, 0.5) is 0 Å². The highest BCUT2D eigenvalue weighted by Gasteiger charge is 2.39. The van der Waals surface area contributed by atoms with E-state index in [0.29, 0.717) is 23.2 Å². The Morgan fingerprint density at radius 3 is 2.52 bits per heavy atom. The minimum atomic E-state index is -3.07. The van der Waals surface area contributed by atoms with Gasteiger partial charge in [-0.25, -0.2) is 8.42 Å². The molecule has 0 unspecified atom stereocenters. The van der Waals surface area contributed by atoms with Crippen LogP contribution in [0.25, 0.3) is 17.3 Å². The second kappa shape index (κ2) is 9.34. The summed E-state index contributed by atoms with van der Waals surface area (Å²) >= 11 is 1.32. The number of furan rings is 1. The Morgan fingerprint density at radius 2 is 1.85 bits per heavy atom. The van der Waals surface area contributed by atoms with E-state index < -0.39 is 9.84 Å². The second-order valence-electron chi connectivity index (χ2n) is 8.54. The molecule has 0 radical (unpaired) electrons. The van der Waals surface area contributed by atoms with Gasteiger partial charge in [-0.1, -0.05) is 42.8 Å². The average Bonchev–Trinajstić information content (AvgIpc) is 3.60. The molecule has 1 aliphatic carbocycles. The summed E-state index contributed by atoms with van der Waals surface area (Å²) < 4.78 is 31.6. The van der Waals surface area contributed by atoms with E-state index in [9.17, 15) is 13.2 Å². The number of amides is 1. The lowest BCUT2D eigenvalue weighted by Crippen LogP contribution is -2.47. The highest BCUT2D eigenvalue weighted by Crippen LogP contribution is 2.32. The maximum absolute atomic E-state index is 13.4. The maximum atomic E-state index is 13.4. The SMILES string of the molecule is O=C(CSc1nnc(-c2ccco2)n1-c1ccccc1)N(C1CCCC1)[C@@H]1CCS(=O)(=O)C1. The van der Waals surface area contributed by atoms with Crippen molar-refractivity contribution in [3.8, 4) is 17.3 Å². The van der Waals surface area contributed by atoms with E-state index in [2.05, 4.69) is 10.2 Å². The molecule has 33 heavy (non-hydrogen) atoms. The fraction of sp³-hybridized carbons (Fsp3) is 0.435. The van der Waals surface area contributed by atoms with Crippen molar-refractivity contribution in [3.05, 3.63) is 48.7 Å². The molecule has 1 saturated carbocycles. The van der Waals surface area contributed by atoms with Gasteiger partial charge in [-0.2, -0.15) is 0 Å². The van der Waals surface area contributed by atoms with Crippen LogP contribution in [0.5, 0.6) is 0 Å². The number of hydrogen-bond acceptors (Lipinski definition) is 7. The van der Waals surface area contributed by atoms with Gasteiger partial charge in [0.25, 0.3) is 0 Å². The molecular formula is C23H26N4O4S2. The van der Waals surface area contributed by atoms with Crippen molar-refractivity contribution in [2.24, 2.45) is 0 Å². The Kier molecular flexibility index (Phi) is 6.29. The third-order valence-electron chi connectivity index (χ3n) is 6.32. The molecule has 1 amide bonds. The van der Waals surface area contributed by atoms with Crippen LogP contribution in [-0.2, 0) is 14.6 Å². The summed E-state index contributed by atoms with van der Waals surface area (Å²) in [6.07, 6.45) is 6.15. The van der Waals surface area contributed by atoms with Crippen LogP contribution < -0.4 is 0 Å². The molecule has 2 aliphatic rings. The molecule has 3 aromatic rings. The van der Waals surface area contributed by atoms with Crippen molar-refractivity contribution in [2.45, 2.75) is 49.3 Å². The van der Waals surface area contributed by atoms with Crippen molar-refractivity contribution in [1.82, 2.24) is 19.7 Å². The van der Waals surface area contributed by atoms with Gasteiger partial charge in [0.1, 0.15) is 0 Å².